The van der Waals surface area contributed by atoms with Crippen molar-refractivity contribution in [3.8, 4) is 0 Å². The van der Waals surface area contributed by atoms with Gasteiger partial charge in [-0.3, -0.25) is 9.59 Å². The Balaban J connectivity index is 0.872. The Bertz CT molecular complexity index is 1490. The number of hydrogen-bond donors (Lipinski definition) is 0. The maximum absolute atomic E-state index is 14.2. The van der Waals surface area contributed by atoms with E-state index in [9.17, 15) is 44.7 Å². The summed E-state index contributed by atoms with van der Waals surface area (Å²) in [5, 5.41) is 0. The van der Waals surface area contributed by atoms with E-state index in [1.807, 2.05) is 0 Å². The number of rotatable bonds is 9. The van der Waals surface area contributed by atoms with Gasteiger partial charge in [-0.1, -0.05) is 44.9 Å². The Labute approximate surface area is 356 Å². The standard InChI is InChI=1S/C44H60F8O10/c45-41(46)21-57-34(58-22-42(41,47)48)30-13-27-6-2-8-39(15-27,17-30)37(53)55-19-32-33(62-36(61-32)29-11-25-4-1-5-26(10-25)12-29)20-56-38(54)40-9-3-7-28(16-40)14-31(18-40)35-59-23-43(49,50)44(51,52)24-60-35/h25-36H,1-24H2/t25?,26?,27?,28?,29?,30-,31?,32?,33?,36?,39?,40?/m0/s1. The first-order valence-corrected chi connectivity index (χ1v) is 23.0. The van der Waals surface area contributed by atoms with Crippen LogP contribution in [0.3, 0.4) is 0 Å². The summed E-state index contributed by atoms with van der Waals surface area (Å²) in [5.41, 5.74) is -2.02. The molecule has 0 spiro atoms. The molecule has 352 valence electrons. The molecule has 6 aliphatic carbocycles. The lowest BCUT2D eigenvalue weighted by molar-refractivity contribution is -0.222. The molecule has 0 N–H and O–H groups in total. The number of esters is 2. The van der Waals surface area contributed by atoms with Crippen LogP contribution in [0, 0.1) is 52.3 Å². The first-order valence-electron chi connectivity index (χ1n) is 23.0. The van der Waals surface area contributed by atoms with Gasteiger partial charge in [0, 0.05) is 17.8 Å². The van der Waals surface area contributed by atoms with Crippen molar-refractivity contribution in [1.82, 2.24) is 0 Å². The first-order chi connectivity index (χ1) is 29.3. The van der Waals surface area contributed by atoms with E-state index in [4.69, 9.17) is 37.9 Å². The second kappa shape index (κ2) is 17.1. The molecule has 9 fully saturated rings. The third-order valence-corrected chi connectivity index (χ3v) is 16.2. The highest BCUT2D eigenvalue weighted by Crippen LogP contribution is 2.56. The lowest BCUT2D eigenvalue weighted by atomic mass is 9.58. The van der Waals surface area contributed by atoms with Crippen molar-refractivity contribution in [1.29, 1.82) is 0 Å². The molecule has 6 bridgehead atoms. The predicted octanol–water partition coefficient (Wildman–Crippen LogP) is 8.86. The van der Waals surface area contributed by atoms with E-state index in [0.29, 0.717) is 50.4 Å². The van der Waals surface area contributed by atoms with E-state index < -0.39 is 116 Å². The van der Waals surface area contributed by atoms with Crippen LogP contribution in [0.25, 0.3) is 0 Å². The van der Waals surface area contributed by atoms with Gasteiger partial charge < -0.3 is 37.9 Å². The van der Waals surface area contributed by atoms with Gasteiger partial charge in [0.05, 0.1) is 10.8 Å². The Hall–Kier alpha value is -1.86. The molecule has 9 rings (SSSR count). The largest absolute Gasteiger partial charge is 0.462 e. The minimum atomic E-state index is -4.40. The minimum absolute atomic E-state index is 0.0144. The van der Waals surface area contributed by atoms with Crippen molar-refractivity contribution in [3.05, 3.63) is 0 Å². The Morgan fingerprint density at radius 2 is 0.823 bits per heavy atom. The highest BCUT2D eigenvalue weighted by molar-refractivity contribution is 5.78. The summed E-state index contributed by atoms with van der Waals surface area (Å²) < 4.78 is 160. The molecule has 0 radical (unpaired) electrons. The topological polar surface area (TPSA) is 108 Å². The second-order valence-electron chi connectivity index (χ2n) is 20.7. The van der Waals surface area contributed by atoms with Crippen molar-refractivity contribution < 1.29 is 82.6 Å². The summed E-state index contributed by atoms with van der Waals surface area (Å²) in [6.07, 6.45) is 7.75. The van der Waals surface area contributed by atoms with Gasteiger partial charge in [0.2, 0.25) is 0 Å². The summed E-state index contributed by atoms with van der Waals surface area (Å²) in [5.74, 6) is -18.5. The van der Waals surface area contributed by atoms with Crippen LogP contribution < -0.4 is 0 Å². The quantitative estimate of drug-likeness (QED) is 0.165. The number of halogens is 8. The zero-order chi connectivity index (χ0) is 43.7. The van der Waals surface area contributed by atoms with E-state index >= 15 is 0 Å². The number of carbonyl (C=O) groups excluding carboxylic acids is 2. The zero-order valence-corrected chi connectivity index (χ0v) is 35.0. The number of hydrogen-bond acceptors (Lipinski definition) is 10. The van der Waals surface area contributed by atoms with Crippen LogP contribution in [0.1, 0.15) is 116 Å². The van der Waals surface area contributed by atoms with E-state index in [0.717, 1.165) is 51.4 Å². The molecule has 3 heterocycles. The molecule has 3 aliphatic heterocycles. The van der Waals surface area contributed by atoms with E-state index in [1.165, 1.54) is 12.8 Å². The van der Waals surface area contributed by atoms with Crippen LogP contribution in [-0.2, 0) is 47.5 Å². The lowest BCUT2D eigenvalue weighted by Crippen LogP contribution is -2.48. The van der Waals surface area contributed by atoms with E-state index in [2.05, 4.69) is 0 Å². The summed E-state index contributed by atoms with van der Waals surface area (Å²) >= 11 is 0. The number of alkyl halides is 8. The van der Waals surface area contributed by atoms with Crippen molar-refractivity contribution in [3.63, 3.8) is 0 Å². The fourth-order valence-electron chi connectivity index (χ4n) is 13.2. The molecule has 6 saturated carbocycles. The number of ether oxygens (including phenoxy) is 8. The van der Waals surface area contributed by atoms with E-state index in [1.54, 1.807) is 0 Å². The highest BCUT2D eigenvalue weighted by atomic mass is 19.3. The maximum Gasteiger partial charge on any atom is 0.335 e. The molecule has 62 heavy (non-hydrogen) atoms. The molecule has 0 aromatic rings. The van der Waals surface area contributed by atoms with Crippen molar-refractivity contribution in [2.24, 2.45) is 52.3 Å². The average molecular weight is 901 g/mol. The summed E-state index contributed by atoms with van der Waals surface area (Å²) in [6.45, 7) is -6.41. The Morgan fingerprint density at radius 3 is 1.23 bits per heavy atom. The monoisotopic (exact) mass is 900 g/mol. The third-order valence-electron chi connectivity index (χ3n) is 16.2. The van der Waals surface area contributed by atoms with Crippen molar-refractivity contribution >= 4 is 11.9 Å². The zero-order valence-electron chi connectivity index (χ0n) is 35.0. The van der Waals surface area contributed by atoms with Gasteiger partial charge in [-0.2, -0.15) is 35.1 Å². The number of fused-ring (bicyclic) bond motifs is 6. The summed E-state index contributed by atoms with van der Waals surface area (Å²) in [6, 6.07) is 0. The predicted molar refractivity (Wildman–Crippen MR) is 199 cm³/mol. The Morgan fingerprint density at radius 1 is 0.452 bits per heavy atom. The summed E-state index contributed by atoms with van der Waals surface area (Å²) in [7, 11) is 0. The lowest BCUT2D eigenvalue weighted by Gasteiger charge is -2.48. The molecule has 3 saturated heterocycles. The molecule has 18 heteroatoms. The smallest absolute Gasteiger partial charge is 0.335 e. The number of carbonyl (C=O) groups is 2. The van der Waals surface area contributed by atoms with Gasteiger partial charge in [0.15, 0.2) is 18.9 Å². The minimum Gasteiger partial charge on any atom is -0.462 e. The fraction of sp³-hybridized carbons (Fsp3) is 0.955. The first kappa shape index (κ1) is 45.3. The molecular formula is C44H60F8O10. The van der Waals surface area contributed by atoms with Crippen LogP contribution in [0.4, 0.5) is 35.1 Å². The van der Waals surface area contributed by atoms with E-state index in [-0.39, 0.29) is 43.8 Å². The molecule has 11 atom stereocenters. The third kappa shape index (κ3) is 8.89. The van der Waals surface area contributed by atoms with Crippen LogP contribution in [0.2, 0.25) is 0 Å². The van der Waals surface area contributed by atoms with Gasteiger partial charge in [-0.05, 0) is 94.3 Å². The van der Waals surface area contributed by atoms with Gasteiger partial charge in [-0.25, -0.2) is 0 Å². The van der Waals surface area contributed by atoms with Crippen molar-refractivity contribution in [2.75, 3.05) is 39.6 Å². The molecule has 10 unspecified atom stereocenters. The molecule has 0 aromatic heterocycles. The molecular weight excluding hydrogens is 840 g/mol. The highest BCUT2D eigenvalue weighted by Gasteiger charge is 2.62. The maximum atomic E-state index is 14.2. The van der Waals surface area contributed by atoms with Crippen LogP contribution in [0.5, 0.6) is 0 Å². The van der Waals surface area contributed by atoms with Gasteiger partial charge in [0.25, 0.3) is 0 Å². The molecule has 0 amide bonds. The molecule has 10 nitrogen and oxygen atoms in total. The van der Waals surface area contributed by atoms with Gasteiger partial charge in [0.1, 0.15) is 51.8 Å². The fourth-order valence-corrected chi connectivity index (χ4v) is 13.2. The average Bonchev–Trinajstić information content (AvgIpc) is 3.54. The van der Waals surface area contributed by atoms with Crippen LogP contribution >= 0.6 is 0 Å². The van der Waals surface area contributed by atoms with Crippen LogP contribution in [-0.4, -0.2) is 106 Å². The van der Waals surface area contributed by atoms with Crippen LogP contribution in [0.15, 0.2) is 0 Å². The summed E-state index contributed by atoms with van der Waals surface area (Å²) in [4.78, 5) is 28.5. The molecule has 9 aliphatic rings. The second-order valence-corrected chi connectivity index (χ2v) is 20.7. The Kier molecular flexibility index (Phi) is 12.5. The van der Waals surface area contributed by atoms with Gasteiger partial charge in [-0.15, -0.1) is 0 Å². The molecule has 0 aromatic carbocycles. The van der Waals surface area contributed by atoms with Crippen molar-refractivity contribution in [2.45, 2.75) is 170 Å². The SMILES string of the molecule is O=C(OCC1OC(C2CC3CCCC(C3)C2)OC1COC(=O)C12CCCC(C[C@H](C3OCC(F)(F)C(F)(F)CO3)C1)C2)C12CCCC(CC(C3OCC(F)(F)C(F)(F)CO3)C1)C2. The normalized spacial score (nSPS) is 44.1. The van der Waals surface area contributed by atoms with Gasteiger partial charge >= 0.3 is 35.6 Å².